The largest absolute Gasteiger partial charge is 0.477 e. The summed E-state index contributed by atoms with van der Waals surface area (Å²) in [6, 6.07) is 12.9. The SMILES string of the molecule is Cc1cccc(C)c1-c1cc(OCC(CC(C)C)NC2CC3(CC3)C2)nc(NS(=O)c2cccc(C(=O)O)n2)n1. The molecule has 10 heteroatoms. The predicted octanol–water partition coefficient (Wildman–Crippen LogP) is 5.31. The number of carbonyl (C=O) groups is 1. The first kappa shape index (κ1) is 28.2. The van der Waals surface area contributed by atoms with Gasteiger partial charge in [0.1, 0.15) is 17.3 Å². The molecule has 3 N–H and O–H groups in total. The topological polar surface area (TPSA) is 126 Å². The molecule has 0 amide bonds. The van der Waals surface area contributed by atoms with Gasteiger partial charge < -0.3 is 15.2 Å². The summed E-state index contributed by atoms with van der Waals surface area (Å²) in [4.78, 5) is 24.5. The van der Waals surface area contributed by atoms with Gasteiger partial charge >= 0.3 is 5.97 Å². The monoisotopic (exact) mass is 563 g/mol. The first-order valence-corrected chi connectivity index (χ1v) is 15.0. The van der Waals surface area contributed by atoms with Crippen LogP contribution >= 0.6 is 0 Å². The molecule has 0 radical (unpaired) electrons. The number of aryl methyl sites for hydroxylation is 2. The number of carboxylic acids is 1. The Labute approximate surface area is 237 Å². The van der Waals surface area contributed by atoms with E-state index in [4.69, 9.17) is 4.74 Å². The zero-order chi connectivity index (χ0) is 28.4. The smallest absolute Gasteiger partial charge is 0.354 e. The van der Waals surface area contributed by atoms with Crippen molar-refractivity contribution in [3.63, 3.8) is 0 Å². The Balaban J connectivity index is 1.39. The zero-order valence-electron chi connectivity index (χ0n) is 23.4. The van der Waals surface area contributed by atoms with Gasteiger partial charge in [0.15, 0.2) is 11.0 Å². The predicted molar refractivity (Wildman–Crippen MR) is 155 cm³/mol. The van der Waals surface area contributed by atoms with E-state index in [2.05, 4.69) is 38.8 Å². The van der Waals surface area contributed by atoms with Crippen LogP contribution < -0.4 is 14.8 Å². The van der Waals surface area contributed by atoms with E-state index in [0.29, 0.717) is 35.6 Å². The lowest BCUT2D eigenvalue weighted by Crippen LogP contribution is -2.49. The summed E-state index contributed by atoms with van der Waals surface area (Å²) in [5, 5.41) is 13.1. The second-order valence-corrected chi connectivity index (χ2v) is 12.8. The maximum atomic E-state index is 13.1. The quantitative estimate of drug-likeness (QED) is 0.271. The molecule has 0 saturated heterocycles. The highest BCUT2D eigenvalue weighted by Crippen LogP contribution is 2.60. The minimum Gasteiger partial charge on any atom is -0.477 e. The van der Waals surface area contributed by atoms with E-state index in [0.717, 1.165) is 23.1 Å². The minimum absolute atomic E-state index is 0.0681. The van der Waals surface area contributed by atoms with Crippen LogP contribution in [0.2, 0.25) is 0 Å². The van der Waals surface area contributed by atoms with Gasteiger partial charge in [-0.3, -0.25) is 4.72 Å². The van der Waals surface area contributed by atoms with Crippen LogP contribution in [-0.2, 0) is 11.0 Å². The molecule has 2 aliphatic rings. The van der Waals surface area contributed by atoms with Gasteiger partial charge in [-0.1, -0.05) is 38.1 Å². The molecule has 2 saturated carbocycles. The summed E-state index contributed by atoms with van der Waals surface area (Å²) in [6.07, 6.45) is 6.22. The van der Waals surface area contributed by atoms with Crippen molar-refractivity contribution in [2.45, 2.75) is 76.9 Å². The fourth-order valence-electron chi connectivity index (χ4n) is 5.62. The lowest BCUT2D eigenvalue weighted by Gasteiger charge is -2.39. The molecule has 212 valence electrons. The molecule has 5 rings (SSSR count). The van der Waals surface area contributed by atoms with Gasteiger partial charge in [0.05, 0.1) is 5.69 Å². The number of pyridine rings is 1. The molecule has 9 nitrogen and oxygen atoms in total. The molecular formula is C30H37N5O4S. The number of hydrogen-bond donors (Lipinski definition) is 3. The number of anilines is 1. The van der Waals surface area contributed by atoms with Crippen LogP contribution in [0, 0.1) is 25.2 Å². The summed E-state index contributed by atoms with van der Waals surface area (Å²) in [6.45, 7) is 8.92. The van der Waals surface area contributed by atoms with E-state index in [1.807, 2.05) is 38.1 Å². The van der Waals surface area contributed by atoms with Gasteiger partial charge in [-0.25, -0.2) is 19.0 Å². The molecular weight excluding hydrogens is 526 g/mol. The number of nitrogens with zero attached hydrogens (tertiary/aromatic N) is 3. The van der Waals surface area contributed by atoms with Gasteiger partial charge in [-0.15, -0.1) is 0 Å². The Bertz CT molecular complexity index is 1400. The van der Waals surface area contributed by atoms with E-state index in [1.165, 1.54) is 43.9 Å². The van der Waals surface area contributed by atoms with Gasteiger partial charge in [0, 0.05) is 23.7 Å². The normalized spacial score (nSPS) is 17.3. The molecule has 0 aliphatic heterocycles. The third kappa shape index (κ3) is 6.67. The van der Waals surface area contributed by atoms with Crippen molar-refractivity contribution in [2.24, 2.45) is 11.3 Å². The molecule has 3 aromatic rings. The van der Waals surface area contributed by atoms with Crippen molar-refractivity contribution in [1.29, 1.82) is 0 Å². The first-order valence-electron chi connectivity index (χ1n) is 13.8. The second-order valence-electron chi connectivity index (χ2n) is 11.6. The molecule has 2 unspecified atom stereocenters. The van der Waals surface area contributed by atoms with Crippen molar-refractivity contribution in [3.05, 3.63) is 59.3 Å². The van der Waals surface area contributed by atoms with Crippen LogP contribution in [0.15, 0.2) is 47.5 Å². The average Bonchev–Trinajstić information content (AvgIpc) is 3.68. The molecule has 1 spiro atoms. The molecule has 2 heterocycles. The molecule has 2 fully saturated rings. The lowest BCUT2D eigenvalue weighted by atomic mass is 9.76. The molecule has 1 aromatic carbocycles. The van der Waals surface area contributed by atoms with Crippen LogP contribution in [0.1, 0.15) is 67.6 Å². The Morgan fingerprint density at radius 2 is 1.80 bits per heavy atom. The Kier molecular flexibility index (Phi) is 8.19. The van der Waals surface area contributed by atoms with Gasteiger partial charge in [0.25, 0.3) is 0 Å². The lowest BCUT2D eigenvalue weighted by molar-refractivity contribution is 0.0689. The molecule has 2 aliphatic carbocycles. The second kappa shape index (κ2) is 11.6. The maximum Gasteiger partial charge on any atom is 0.354 e. The minimum atomic E-state index is -1.89. The standard InChI is InChI=1S/C30H37N5O4S/c1-18(2)13-21(31-22-15-30(16-22)11-12-30)17-39-25-14-24(27-19(3)7-5-8-20(27)4)33-29(34-25)35-40(38)26-10-6-9-23(32-26)28(36)37/h5-10,14,18,21-22,31H,11-13,15-17H2,1-4H3,(H,36,37)(H,33,34,35). The van der Waals surface area contributed by atoms with Crippen molar-refractivity contribution >= 4 is 22.9 Å². The fourth-order valence-corrected chi connectivity index (χ4v) is 6.37. The highest BCUT2D eigenvalue weighted by atomic mass is 32.2. The molecule has 40 heavy (non-hydrogen) atoms. The number of benzene rings is 1. The van der Waals surface area contributed by atoms with Crippen molar-refractivity contribution < 1.29 is 18.8 Å². The van der Waals surface area contributed by atoms with E-state index in [-0.39, 0.29) is 22.7 Å². The summed E-state index contributed by atoms with van der Waals surface area (Å²) in [5.41, 5.74) is 4.13. The molecule has 0 bridgehead atoms. The van der Waals surface area contributed by atoms with E-state index >= 15 is 0 Å². The number of nitrogens with one attached hydrogen (secondary N) is 2. The van der Waals surface area contributed by atoms with Crippen molar-refractivity contribution in [1.82, 2.24) is 20.3 Å². The summed E-state index contributed by atoms with van der Waals surface area (Å²) >= 11 is 0. The fraction of sp³-hybridized carbons (Fsp3) is 0.467. The summed E-state index contributed by atoms with van der Waals surface area (Å²) in [5.74, 6) is -0.191. The number of hydrogen-bond acceptors (Lipinski definition) is 7. The third-order valence-corrected chi connectivity index (χ3v) is 8.71. The summed E-state index contributed by atoms with van der Waals surface area (Å²) < 4.78 is 22.2. The third-order valence-electron chi connectivity index (χ3n) is 7.73. The Morgan fingerprint density at radius 1 is 1.10 bits per heavy atom. The van der Waals surface area contributed by atoms with Gasteiger partial charge in [-0.05, 0) is 80.5 Å². The van der Waals surface area contributed by atoms with Crippen LogP contribution in [0.3, 0.4) is 0 Å². The zero-order valence-corrected chi connectivity index (χ0v) is 24.3. The van der Waals surface area contributed by atoms with Crippen LogP contribution in [0.25, 0.3) is 11.3 Å². The maximum absolute atomic E-state index is 13.1. The van der Waals surface area contributed by atoms with E-state index < -0.39 is 17.0 Å². The number of carboxylic acid groups (broad SMARTS) is 1. The number of aromatic nitrogens is 3. The molecule has 2 atom stereocenters. The van der Waals surface area contributed by atoms with Crippen LogP contribution in [0.4, 0.5) is 5.95 Å². The van der Waals surface area contributed by atoms with Gasteiger partial charge in [-0.2, -0.15) is 4.98 Å². The Hall–Kier alpha value is -3.37. The van der Waals surface area contributed by atoms with Crippen LogP contribution in [0.5, 0.6) is 5.88 Å². The number of ether oxygens (including phenoxy) is 1. The highest BCUT2D eigenvalue weighted by Gasteiger charge is 2.53. The number of rotatable bonds is 12. The summed E-state index contributed by atoms with van der Waals surface area (Å²) in [7, 11) is -1.89. The van der Waals surface area contributed by atoms with Gasteiger partial charge in [0.2, 0.25) is 11.8 Å². The highest BCUT2D eigenvalue weighted by molar-refractivity contribution is 7.86. The first-order chi connectivity index (χ1) is 19.1. The van der Waals surface area contributed by atoms with Crippen molar-refractivity contribution in [2.75, 3.05) is 11.3 Å². The van der Waals surface area contributed by atoms with Crippen LogP contribution in [-0.4, -0.2) is 48.9 Å². The van der Waals surface area contributed by atoms with Crippen molar-refractivity contribution in [3.8, 4) is 17.1 Å². The van der Waals surface area contributed by atoms with E-state index in [9.17, 15) is 14.1 Å². The Morgan fingerprint density at radius 3 is 2.45 bits per heavy atom. The number of aromatic carboxylic acids is 1. The molecule has 2 aromatic heterocycles. The average molecular weight is 564 g/mol. The van der Waals surface area contributed by atoms with E-state index in [1.54, 1.807) is 0 Å².